The highest BCUT2D eigenvalue weighted by molar-refractivity contribution is 6.00. The third-order valence-electron chi connectivity index (χ3n) is 5.15. The molecule has 2 aromatic rings. The van der Waals surface area contributed by atoms with Gasteiger partial charge in [0.15, 0.2) is 0 Å². The van der Waals surface area contributed by atoms with Crippen LogP contribution < -0.4 is 10.2 Å². The molecule has 6 heteroatoms. The van der Waals surface area contributed by atoms with Gasteiger partial charge in [0.05, 0.1) is 17.9 Å². The third kappa shape index (κ3) is 4.27. The number of nitrogens with zero attached hydrogens (tertiary/aromatic N) is 2. The minimum Gasteiger partial charge on any atom is -0.462 e. The summed E-state index contributed by atoms with van der Waals surface area (Å²) in [5, 5.41) is 2.86. The summed E-state index contributed by atoms with van der Waals surface area (Å²) in [6.45, 7) is 9.10. The third-order valence-corrected chi connectivity index (χ3v) is 5.15. The molecule has 3 rings (SSSR count). The summed E-state index contributed by atoms with van der Waals surface area (Å²) >= 11 is 0. The number of esters is 1. The molecule has 0 atom stereocenters. The molecule has 2 aromatic carbocycles. The standard InChI is InChI=1S/C22H27N3O3/c1-4-28-21(26)18-9-5-6-10-19(18)23-22(27)25-14-12-24(13-15-25)20-11-7-8-16(2)17(20)3/h5-11H,4,12-15H2,1-3H3,(H,23,27). The Morgan fingerprint density at radius 3 is 2.43 bits per heavy atom. The smallest absolute Gasteiger partial charge is 0.340 e. The molecule has 1 saturated heterocycles. The summed E-state index contributed by atoms with van der Waals surface area (Å²) < 4.78 is 5.07. The Morgan fingerprint density at radius 1 is 1.00 bits per heavy atom. The highest BCUT2D eigenvalue weighted by Gasteiger charge is 2.23. The van der Waals surface area contributed by atoms with Crippen LogP contribution in [-0.4, -0.2) is 49.7 Å². The van der Waals surface area contributed by atoms with Crippen molar-refractivity contribution in [2.24, 2.45) is 0 Å². The second-order valence-electron chi connectivity index (χ2n) is 6.89. The van der Waals surface area contributed by atoms with Gasteiger partial charge in [-0.1, -0.05) is 24.3 Å². The lowest BCUT2D eigenvalue weighted by atomic mass is 10.1. The lowest BCUT2D eigenvalue weighted by molar-refractivity contribution is 0.0527. The fraction of sp³-hybridized carbons (Fsp3) is 0.364. The van der Waals surface area contributed by atoms with Crippen LogP contribution >= 0.6 is 0 Å². The molecular formula is C22H27N3O3. The average Bonchev–Trinajstić information content (AvgIpc) is 2.71. The topological polar surface area (TPSA) is 61.9 Å². The molecule has 1 aliphatic heterocycles. The maximum absolute atomic E-state index is 12.7. The molecule has 0 aliphatic carbocycles. The largest absolute Gasteiger partial charge is 0.462 e. The average molecular weight is 381 g/mol. The van der Waals surface area contributed by atoms with E-state index < -0.39 is 5.97 Å². The van der Waals surface area contributed by atoms with Gasteiger partial charge in [-0.15, -0.1) is 0 Å². The molecule has 1 aliphatic rings. The Kier molecular flexibility index (Phi) is 6.19. The van der Waals surface area contributed by atoms with Gasteiger partial charge in [-0.3, -0.25) is 0 Å². The molecule has 1 N–H and O–H groups in total. The highest BCUT2D eigenvalue weighted by Crippen LogP contribution is 2.24. The molecule has 2 amide bonds. The molecule has 0 radical (unpaired) electrons. The Balaban J connectivity index is 1.63. The molecule has 0 saturated carbocycles. The lowest BCUT2D eigenvalue weighted by Gasteiger charge is -2.37. The van der Waals surface area contributed by atoms with Crippen molar-refractivity contribution in [2.45, 2.75) is 20.8 Å². The molecule has 0 spiro atoms. The van der Waals surface area contributed by atoms with Crippen molar-refractivity contribution in [3.05, 3.63) is 59.2 Å². The van der Waals surface area contributed by atoms with Gasteiger partial charge in [0.2, 0.25) is 0 Å². The van der Waals surface area contributed by atoms with Crippen molar-refractivity contribution in [1.82, 2.24) is 4.90 Å². The van der Waals surface area contributed by atoms with Crippen molar-refractivity contribution in [2.75, 3.05) is 43.0 Å². The van der Waals surface area contributed by atoms with Gasteiger partial charge in [0.1, 0.15) is 0 Å². The molecular weight excluding hydrogens is 354 g/mol. The monoisotopic (exact) mass is 381 g/mol. The predicted molar refractivity (Wildman–Crippen MR) is 111 cm³/mol. The number of nitrogens with one attached hydrogen (secondary N) is 1. The molecule has 0 aromatic heterocycles. The number of amides is 2. The van der Waals surface area contributed by atoms with Crippen LogP contribution in [0.25, 0.3) is 0 Å². The molecule has 0 bridgehead atoms. The van der Waals surface area contributed by atoms with Crippen molar-refractivity contribution in [3.8, 4) is 0 Å². The van der Waals surface area contributed by atoms with Crippen LogP contribution in [-0.2, 0) is 4.74 Å². The number of carbonyl (C=O) groups excluding carboxylic acids is 2. The summed E-state index contributed by atoms with van der Waals surface area (Å²) in [6.07, 6.45) is 0. The van der Waals surface area contributed by atoms with Crippen LogP contribution in [0.3, 0.4) is 0 Å². The summed E-state index contributed by atoms with van der Waals surface area (Å²) in [5.74, 6) is -0.432. The second kappa shape index (κ2) is 8.78. The van der Waals surface area contributed by atoms with Gasteiger partial charge in [-0.2, -0.15) is 0 Å². The molecule has 1 fully saturated rings. The van der Waals surface area contributed by atoms with E-state index in [4.69, 9.17) is 4.74 Å². The normalized spacial score (nSPS) is 14.0. The number of hydrogen-bond acceptors (Lipinski definition) is 4. The minimum atomic E-state index is -0.432. The first-order valence-electron chi connectivity index (χ1n) is 9.64. The van der Waals surface area contributed by atoms with Gasteiger partial charge in [-0.25, -0.2) is 9.59 Å². The van der Waals surface area contributed by atoms with E-state index in [1.807, 2.05) is 0 Å². The van der Waals surface area contributed by atoms with Crippen LogP contribution in [0.4, 0.5) is 16.2 Å². The first-order chi connectivity index (χ1) is 13.5. The number of hydrogen-bond donors (Lipinski definition) is 1. The molecule has 6 nitrogen and oxygen atoms in total. The van der Waals surface area contributed by atoms with Crippen LogP contribution in [0.15, 0.2) is 42.5 Å². The van der Waals surface area contributed by atoms with Crippen molar-refractivity contribution < 1.29 is 14.3 Å². The lowest BCUT2D eigenvalue weighted by Crippen LogP contribution is -2.50. The van der Waals surface area contributed by atoms with Crippen LogP contribution in [0.1, 0.15) is 28.4 Å². The summed E-state index contributed by atoms with van der Waals surface area (Å²) in [6, 6.07) is 13.0. The van der Waals surface area contributed by atoms with E-state index >= 15 is 0 Å². The fourth-order valence-electron chi connectivity index (χ4n) is 3.40. The molecule has 1 heterocycles. The Hall–Kier alpha value is -3.02. The van der Waals surface area contributed by atoms with Gasteiger partial charge >= 0.3 is 12.0 Å². The number of aryl methyl sites for hydroxylation is 1. The highest BCUT2D eigenvalue weighted by atomic mass is 16.5. The predicted octanol–water partition coefficient (Wildman–Crippen LogP) is 3.83. The maximum Gasteiger partial charge on any atom is 0.340 e. The molecule has 148 valence electrons. The number of ether oxygens (including phenoxy) is 1. The van der Waals surface area contributed by atoms with E-state index in [9.17, 15) is 9.59 Å². The zero-order valence-electron chi connectivity index (χ0n) is 16.7. The Bertz CT molecular complexity index is 858. The number of piperazine rings is 1. The van der Waals surface area contributed by atoms with Gasteiger partial charge in [-0.05, 0) is 50.1 Å². The number of urea groups is 1. The van der Waals surface area contributed by atoms with E-state index in [0.29, 0.717) is 30.9 Å². The number of para-hydroxylation sites is 1. The maximum atomic E-state index is 12.7. The number of rotatable bonds is 4. The Morgan fingerprint density at radius 2 is 1.71 bits per heavy atom. The number of benzene rings is 2. The van der Waals surface area contributed by atoms with E-state index in [0.717, 1.165) is 13.1 Å². The SMILES string of the molecule is CCOC(=O)c1ccccc1NC(=O)N1CCN(c2cccc(C)c2C)CC1. The van der Waals surface area contributed by atoms with E-state index in [1.54, 1.807) is 36.1 Å². The second-order valence-corrected chi connectivity index (χ2v) is 6.89. The van der Waals surface area contributed by atoms with Crippen LogP contribution in [0, 0.1) is 13.8 Å². The van der Waals surface area contributed by atoms with Crippen molar-refractivity contribution in [3.63, 3.8) is 0 Å². The van der Waals surface area contributed by atoms with Crippen LogP contribution in [0.5, 0.6) is 0 Å². The van der Waals surface area contributed by atoms with E-state index in [2.05, 4.69) is 42.3 Å². The first-order valence-corrected chi connectivity index (χ1v) is 9.64. The van der Waals surface area contributed by atoms with Crippen molar-refractivity contribution in [1.29, 1.82) is 0 Å². The summed E-state index contributed by atoms with van der Waals surface area (Å²) in [4.78, 5) is 28.9. The quantitative estimate of drug-likeness (QED) is 0.818. The fourth-order valence-corrected chi connectivity index (χ4v) is 3.40. The van der Waals surface area contributed by atoms with Gasteiger partial charge in [0.25, 0.3) is 0 Å². The van der Waals surface area contributed by atoms with Crippen LogP contribution in [0.2, 0.25) is 0 Å². The van der Waals surface area contributed by atoms with E-state index in [-0.39, 0.29) is 6.03 Å². The van der Waals surface area contributed by atoms with Crippen molar-refractivity contribution >= 4 is 23.4 Å². The summed E-state index contributed by atoms with van der Waals surface area (Å²) in [7, 11) is 0. The van der Waals surface area contributed by atoms with Gasteiger partial charge < -0.3 is 19.9 Å². The Labute approximate surface area is 166 Å². The zero-order chi connectivity index (χ0) is 20.1. The molecule has 28 heavy (non-hydrogen) atoms. The number of anilines is 2. The molecule has 0 unspecified atom stereocenters. The minimum absolute atomic E-state index is 0.197. The van der Waals surface area contributed by atoms with E-state index in [1.165, 1.54) is 16.8 Å². The van der Waals surface area contributed by atoms with Gasteiger partial charge in [0, 0.05) is 31.9 Å². The first kappa shape index (κ1) is 19.7. The summed E-state index contributed by atoms with van der Waals surface area (Å²) in [5.41, 5.74) is 4.62. The zero-order valence-corrected chi connectivity index (χ0v) is 16.7. The number of carbonyl (C=O) groups is 2.